The van der Waals surface area contributed by atoms with Crippen molar-refractivity contribution >= 4 is 5.97 Å². The van der Waals surface area contributed by atoms with Crippen molar-refractivity contribution in [3.05, 3.63) is 41.7 Å². The van der Waals surface area contributed by atoms with Crippen LogP contribution in [0.25, 0.3) is 11.3 Å². The predicted molar refractivity (Wildman–Crippen MR) is 57.8 cm³/mol. The second kappa shape index (κ2) is 4.95. The number of nitrogens with zero attached hydrogens (tertiary/aromatic N) is 1. The van der Waals surface area contributed by atoms with Gasteiger partial charge >= 0.3 is 5.97 Å². The van der Waals surface area contributed by atoms with E-state index in [9.17, 15) is 13.6 Å². The Hall–Kier alpha value is -2.24. The summed E-state index contributed by atoms with van der Waals surface area (Å²) in [4.78, 5) is 11.3. The van der Waals surface area contributed by atoms with Gasteiger partial charge in [0.05, 0.1) is 6.61 Å². The van der Waals surface area contributed by atoms with E-state index < -0.39 is 17.6 Å². The summed E-state index contributed by atoms with van der Waals surface area (Å²) in [5.74, 6) is -2.28. The molecule has 1 aromatic carbocycles. The van der Waals surface area contributed by atoms with Crippen molar-refractivity contribution in [2.75, 3.05) is 6.61 Å². The van der Waals surface area contributed by atoms with Gasteiger partial charge in [-0.15, -0.1) is 0 Å². The molecule has 0 aliphatic heterocycles. The fourth-order valence-corrected chi connectivity index (χ4v) is 1.40. The Kier molecular flexibility index (Phi) is 3.36. The molecule has 0 amide bonds. The van der Waals surface area contributed by atoms with Gasteiger partial charge in [0, 0.05) is 17.7 Å². The molecule has 2 rings (SSSR count). The van der Waals surface area contributed by atoms with Crippen LogP contribution < -0.4 is 0 Å². The molecule has 0 aliphatic rings. The number of rotatable bonds is 3. The van der Waals surface area contributed by atoms with Crippen molar-refractivity contribution in [3.63, 3.8) is 0 Å². The average molecular weight is 253 g/mol. The highest BCUT2D eigenvalue weighted by Crippen LogP contribution is 2.23. The van der Waals surface area contributed by atoms with Crippen molar-refractivity contribution in [2.45, 2.75) is 6.92 Å². The molecule has 1 aromatic heterocycles. The number of benzene rings is 1. The van der Waals surface area contributed by atoms with Gasteiger partial charge in [-0.25, -0.2) is 13.6 Å². The first-order valence-corrected chi connectivity index (χ1v) is 5.21. The minimum atomic E-state index is -0.779. The van der Waals surface area contributed by atoms with Gasteiger partial charge in [-0.05, 0) is 19.1 Å². The first kappa shape index (κ1) is 12.2. The lowest BCUT2D eigenvalue weighted by atomic mass is 10.1. The van der Waals surface area contributed by atoms with Crippen LogP contribution in [-0.4, -0.2) is 17.7 Å². The number of carbonyl (C=O) groups excluding carboxylic acids is 1. The Morgan fingerprint density at radius 1 is 1.39 bits per heavy atom. The average Bonchev–Trinajstić information content (AvgIpc) is 2.78. The Balaban J connectivity index is 2.32. The molecular formula is C12H9F2NO3. The second-order valence-electron chi connectivity index (χ2n) is 3.42. The van der Waals surface area contributed by atoms with E-state index in [1.165, 1.54) is 12.1 Å². The monoisotopic (exact) mass is 253 g/mol. The Labute approximate surface area is 101 Å². The molecule has 18 heavy (non-hydrogen) atoms. The zero-order valence-corrected chi connectivity index (χ0v) is 9.44. The van der Waals surface area contributed by atoms with Gasteiger partial charge in [0.1, 0.15) is 17.3 Å². The molecule has 6 heteroatoms. The SMILES string of the molecule is CCOC(=O)c1cc(-c2ccc(F)cc2F)no1. The number of aromatic nitrogens is 1. The zero-order valence-electron chi connectivity index (χ0n) is 9.44. The molecule has 0 saturated carbocycles. The second-order valence-corrected chi connectivity index (χ2v) is 3.42. The fraction of sp³-hybridized carbons (Fsp3) is 0.167. The van der Waals surface area contributed by atoms with Gasteiger partial charge in [-0.1, -0.05) is 5.16 Å². The van der Waals surface area contributed by atoms with Crippen LogP contribution in [-0.2, 0) is 4.74 Å². The van der Waals surface area contributed by atoms with E-state index in [1.807, 2.05) is 0 Å². The molecule has 94 valence electrons. The quantitative estimate of drug-likeness (QED) is 0.789. The highest BCUT2D eigenvalue weighted by molar-refractivity contribution is 5.87. The minimum absolute atomic E-state index is 0.0516. The molecule has 0 unspecified atom stereocenters. The molecule has 0 N–H and O–H groups in total. The van der Waals surface area contributed by atoms with E-state index in [2.05, 4.69) is 5.16 Å². The van der Waals surface area contributed by atoms with Gasteiger partial charge in [-0.3, -0.25) is 0 Å². The third kappa shape index (κ3) is 2.37. The number of ether oxygens (including phenoxy) is 1. The lowest BCUT2D eigenvalue weighted by Gasteiger charge is -1.97. The highest BCUT2D eigenvalue weighted by Gasteiger charge is 2.17. The minimum Gasteiger partial charge on any atom is -0.460 e. The van der Waals surface area contributed by atoms with Crippen LogP contribution in [0.2, 0.25) is 0 Å². The maximum atomic E-state index is 13.5. The van der Waals surface area contributed by atoms with E-state index in [0.717, 1.165) is 12.1 Å². The van der Waals surface area contributed by atoms with Crippen LogP contribution in [0.3, 0.4) is 0 Å². The summed E-state index contributed by atoms with van der Waals surface area (Å²) in [6.07, 6.45) is 0. The standard InChI is InChI=1S/C12H9F2NO3/c1-2-17-12(16)11-6-10(15-18-11)8-4-3-7(13)5-9(8)14/h3-6H,2H2,1H3. The van der Waals surface area contributed by atoms with Crippen molar-refractivity contribution in [2.24, 2.45) is 0 Å². The highest BCUT2D eigenvalue weighted by atomic mass is 19.1. The zero-order chi connectivity index (χ0) is 13.1. The third-order valence-corrected chi connectivity index (χ3v) is 2.19. The van der Waals surface area contributed by atoms with Crippen LogP contribution in [0, 0.1) is 11.6 Å². The Morgan fingerprint density at radius 2 is 2.17 bits per heavy atom. The lowest BCUT2D eigenvalue weighted by Crippen LogP contribution is -2.02. The largest absolute Gasteiger partial charge is 0.460 e. The first-order chi connectivity index (χ1) is 8.61. The third-order valence-electron chi connectivity index (χ3n) is 2.19. The van der Waals surface area contributed by atoms with Gasteiger partial charge in [0.25, 0.3) is 0 Å². The Bertz CT molecular complexity index is 580. The van der Waals surface area contributed by atoms with E-state index in [4.69, 9.17) is 9.26 Å². The molecular weight excluding hydrogens is 244 g/mol. The van der Waals surface area contributed by atoms with E-state index >= 15 is 0 Å². The van der Waals surface area contributed by atoms with Gasteiger partial charge in [0.2, 0.25) is 5.76 Å². The summed E-state index contributed by atoms with van der Waals surface area (Å²) in [7, 11) is 0. The van der Waals surface area contributed by atoms with Crippen LogP contribution in [0.4, 0.5) is 8.78 Å². The molecule has 1 heterocycles. The molecule has 2 aromatic rings. The lowest BCUT2D eigenvalue weighted by molar-refractivity contribution is 0.0480. The van der Waals surface area contributed by atoms with E-state index in [0.29, 0.717) is 0 Å². The summed E-state index contributed by atoms with van der Waals surface area (Å²) in [5.41, 5.74) is 0.159. The van der Waals surface area contributed by atoms with Crippen LogP contribution >= 0.6 is 0 Å². The van der Waals surface area contributed by atoms with Crippen LogP contribution in [0.15, 0.2) is 28.8 Å². The van der Waals surface area contributed by atoms with Crippen molar-refractivity contribution in [1.82, 2.24) is 5.16 Å². The number of hydrogen-bond acceptors (Lipinski definition) is 4. The maximum absolute atomic E-state index is 13.5. The predicted octanol–water partition coefficient (Wildman–Crippen LogP) is 2.80. The first-order valence-electron chi connectivity index (χ1n) is 5.21. The normalized spacial score (nSPS) is 10.4. The molecule has 0 fully saturated rings. The van der Waals surface area contributed by atoms with Gasteiger partial charge < -0.3 is 9.26 Å². The summed E-state index contributed by atoms with van der Waals surface area (Å²) < 4.78 is 35.6. The van der Waals surface area contributed by atoms with Crippen molar-refractivity contribution in [3.8, 4) is 11.3 Å². The topological polar surface area (TPSA) is 52.3 Å². The molecule has 0 aliphatic carbocycles. The van der Waals surface area contributed by atoms with Crippen molar-refractivity contribution in [1.29, 1.82) is 0 Å². The van der Waals surface area contributed by atoms with E-state index in [-0.39, 0.29) is 23.6 Å². The van der Waals surface area contributed by atoms with Crippen LogP contribution in [0.1, 0.15) is 17.5 Å². The smallest absolute Gasteiger partial charge is 0.377 e. The molecule has 0 spiro atoms. The number of hydrogen-bond donors (Lipinski definition) is 0. The molecule has 0 saturated heterocycles. The van der Waals surface area contributed by atoms with E-state index in [1.54, 1.807) is 6.92 Å². The van der Waals surface area contributed by atoms with Gasteiger partial charge in [0.15, 0.2) is 0 Å². The fourth-order valence-electron chi connectivity index (χ4n) is 1.40. The van der Waals surface area contributed by atoms with Crippen LogP contribution in [0.5, 0.6) is 0 Å². The molecule has 0 radical (unpaired) electrons. The summed E-state index contributed by atoms with van der Waals surface area (Å²) in [5, 5.41) is 3.54. The molecule has 0 bridgehead atoms. The van der Waals surface area contributed by atoms with Crippen molar-refractivity contribution < 1.29 is 22.8 Å². The summed E-state index contributed by atoms with van der Waals surface area (Å²) in [6, 6.07) is 4.29. The van der Waals surface area contributed by atoms with Gasteiger partial charge in [-0.2, -0.15) is 0 Å². The maximum Gasteiger partial charge on any atom is 0.377 e. The summed E-state index contributed by atoms with van der Waals surface area (Å²) >= 11 is 0. The number of halogens is 2. The summed E-state index contributed by atoms with van der Waals surface area (Å²) in [6.45, 7) is 1.84. The number of esters is 1. The molecule has 4 nitrogen and oxygen atoms in total. The number of carbonyl (C=O) groups is 1. The Morgan fingerprint density at radius 3 is 2.83 bits per heavy atom. The molecule has 0 atom stereocenters.